The second kappa shape index (κ2) is 8.49. The number of hydrogen-bond acceptors (Lipinski definition) is 5. The van der Waals surface area contributed by atoms with Crippen LogP contribution in [0.1, 0.15) is 18.3 Å². The van der Waals surface area contributed by atoms with Crippen LogP contribution in [0.25, 0.3) is 0 Å². The number of aromatic nitrogens is 2. The summed E-state index contributed by atoms with van der Waals surface area (Å²) >= 11 is 0. The van der Waals surface area contributed by atoms with Gasteiger partial charge in [0.15, 0.2) is 9.84 Å². The Bertz CT molecular complexity index is 941. The zero-order valence-corrected chi connectivity index (χ0v) is 16.5. The topological polar surface area (TPSA) is 102 Å². The third kappa shape index (κ3) is 4.83. The molecule has 0 bridgehead atoms. The highest BCUT2D eigenvalue weighted by atomic mass is 32.2. The van der Waals surface area contributed by atoms with Crippen molar-refractivity contribution in [1.29, 1.82) is 0 Å². The molecule has 0 aliphatic carbocycles. The Kier molecular flexibility index (Phi) is 6.55. The van der Waals surface area contributed by atoms with Gasteiger partial charge in [-0.3, -0.25) is 4.68 Å². The first kappa shape index (κ1) is 20.8. The molecular formula is C17H23FN4O4S. The molecule has 1 aromatic heterocycles. The Labute approximate surface area is 157 Å². The van der Waals surface area contributed by atoms with E-state index in [9.17, 15) is 17.6 Å². The third-order valence-corrected chi connectivity index (χ3v) is 5.80. The minimum absolute atomic E-state index is 0.0119. The molecule has 0 aliphatic rings. The second-order valence-corrected chi connectivity index (χ2v) is 8.13. The zero-order valence-electron chi connectivity index (χ0n) is 15.7. The number of carbonyl (C=O) groups excluding carboxylic acids is 1. The van der Waals surface area contributed by atoms with Gasteiger partial charge in [0.1, 0.15) is 5.82 Å². The van der Waals surface area contributed by atoms with Crippen LogP contribution < -0.4 is 10.6 Å². The molecule has 0 saturated carbocycles. The molecule has 1 aromatic carbocycles. The number of methoxy groups -OCH3 is 1. The van der Waals surface area contributed by atoms with Crippen LogP contribution in [0.2, 0.25) is 0 Å². The third-order valence-electron chi connectivity index (χ3n) is 4.03. The number of amides is 2. The van der Waals surface area contributed by atoms with Crippen molar-refractivity contribution >= 4 is 27.2 Å². The predicted molar refractivity (Wildman–Crippen MR) is 100 cm³/mol. The van der Waals surface area contributed by atoms with Crippen molar-refractivity contribution in [3.8, 4) is 0 Å². The summed E-state index contributed by atoms with van der Waals surface area (Å²) < 4.78 is 44.6. The number of urea groups is 1. The summed E-state index contributed by atoms with van der Waals surface area (Å²) in [7, 11) is -2.12. The minimum Gasteiger partial charge on any atom is -0.383 e. The fourth-order valence-electron chi connectivity index (χ4n) is 2.55. The van der Waals surface area contributed by atoms with Gasteiger partial charge in [-0.1, -0.05) is 6.92 Å². The summed E-state index contributed by atoms with van der Waals surface area (Å²) in [5.41, 5.74) is 1.88. The molecule has 2 aromatic rings. The summed E-state index contributed by atoms with van der Waals surface area (Å²) in [5, 5.41) is 9.49. The first-order chi connectivity index (χ1) is 12.7. The van der Waals surface area contributed by atoms with Gasteiger partial charge in [0.2, 0.25) is 0 Å². The molecule has 27 heavy (non-hydrogen) atoms. The molecule has 0 fully saturated rings. The van der Waals surface area contributed by atoms with E-state index in [1.165, 1.54) is 13.0 Å². The number of nitrogens with zero attached hydrogens (tertiary/aromatic N) is 2. The monoisotopic (exact) mass is 398 g/mol. The molecule has 0 radical (unpaired) electrons. The van der Waals surface area contributed by atoms with Crippen LogP contribution in [-0.4, -0.2) is 43.7 Å². The van der Waals surface area contributed by atoms with Crippen LogP contribution in [0.3, 0.4) is 0 Å². The lowest BCUT2D eigenvalue weighted by Gasteiger charge is -2.12. The van der Waals surface area contributed by atoms with Crippen molar-refractivity contribution in [2.24, 2.45) is 0 Å². The molecule has 0 aliphatic heterocycles. The predicted octanol–water partition coefficient (Wildman–Crippen LogP) is 2.72. The Balaban J connectivity index is 2.24. The molecular weight excluding hydrogens is 375 g/mol. The van der Waals surface area contributed by atoms with E-state index in [0.29, 0.717) is 24.5 Å². The minimum atomic E-state index is -3.71. The van der Waals surface area contributed by atoms with E-state index in [1.807, 2.05) is 0 Å². The lowest BCUT2D eigenvalue weighted by molar-refractivity contribution is 0.182. The molecule has 2 rings (SSSR count). The average Bonchev–Trinajstić information content (AvgIpc) is 2.88. The Morgan fingerprint density at radius 2 is 2.00 bits per heavy atom. The molecule has 8 nitrogen and oxygen atoms in total. The lowest BCUT2D eigenvalue weighted by Crippen LogP contribution is -2.22. The highest BCUT2D eigenvalue weighted by Gasteiger charge is 2.20. The van der Waals surface area contributed by atoms with Gasteiger partial charge in [-0.25, -0.2) is 17.6 Å². The number of ether oxygens (including phenoxy) is 1. The summed E-state index contributed by atoms with van der Waals surface area (Å²) in [6.07, 6.45) is 0. The number of anilines is 2. The molecule has 10 heteroatoms. The maximum Gasteiger partial charge on any atom is 0.323 e. The van der Waals surface area contributed by atoms with E-state index < -0.39 is 21.7 Å². The zero-order chi connectivity index (χ0) is 20.2. The fraction of sp³-hybridized carbons (Fsp3) is 0.412. The Morgan fingerprint density at radius 1 is 1.30 bits per heavy atom. The number of halogens is 1. The van der Waals surface area contributed by atoms with E-state index in [1.54, 1.807) is 25.6 Å². The van der Waals surface area contributed by atoms with Crippen LogP contribution in [0.5, 0.6) is 0 Å². The van der Waals surface area contributed by atoms with Crippen molar-refractivity contribution < 1.29 is 22.3 Å². The molecule has 0 spiro atoms. The molecule has 2 N–H and O–H groups in total. The van der Waals surface area contributed by atoms with Crippen molar-refractivity contribution in [3.63, 3.8) is 0 Å². The highest BCUT2D eigenvalue weighted by Crippen LogP contribution is 2.25. The normalized spacial score (nSPS) is 11.4. The van der Waals surface area contributed by atoms with Crippen LogP contribution in [-0.2, 0) is 21.1 Å². The van der Waals surface area contributed by atoms with Crippen molar-refractivity contribution in [3.05, 3.63) is 35.4 Å². The average molecular weight is 398 g/mol. The van der Waals surface area contributed by atoms with Gasteiger partial charge in [-0.15, -0.1) is 0 Å². The lowest BCUT2D eigenvalue weighted by atomic mass is 10.3. The van der Waals surface area contributed by atoms with Crippen molar-refractivity contribution in [2.45, 2.75) is 32.2 Å². The van der Waals surface area contributed by atoms with Crippen molar-refractivity contribution in [2.75, 3.05) is 30.1 Å². The standard InChI is InChI=1S/C17H23FN4O4S/c1-5-27(24,25)15-10-13(18)6-7-14(15)19-17(23)20-16-11(2)21-22(12(16)3)8-9-26-4/h6-7,10H,5,8-9H2,1-4H3,(H2,19,20,23). The SMILES string of the molecule is CCS(=O)(=O)c1cc(F)ccc1NC(=O)Nc1c(C)nn(CCOC)c1C. The van der Waals surface area contributed by atoms with Gasteiger partial charge >= 0.3 is 6.03 Å². The van der Waals surface area contributed by atoms with Crippen molar-refractivity contribution in [1.82, 2.24) is 9.78 Å². The van der Waals surface area contributed by atoms with Gasteiger partial charge < -0.3 is 15.4 Å². The van der Waals surface area contributed by atoms with Gasteiger partial charge in [-0.05, 0) is 32.0 Å². The summed E-state index contributed by atoms with van der Waals surface area (Å²) in [6.45, 7) is 6.00. The Hall–Kier alpha value is -2.46. The number of aryl methyl sites for hydroxylation is 1. The first-order valence-corrected chi connectivity index (χ1v) is 9.98. The van der Waals surface area contributed by atoms with Gasteiger partial charge in [0.25, 0.3) is 0 Å². The molecule has 0 saturated heterocycles. The summed E-state index contributed by atoms with van der Waals surface area (Å²) in [6, 6.07) is 2.56. The summed E-state index contributed by atoms with van der Waals surface area (Å²) in [5.74, 6) is -0.906. The van der Waals surface area contributed by atoms with E-state index in [0.717, 1.165) is 17.8 Å². The molecule has 148 valence electrons. The number of carbonyl (C=O) groups is 1. The quantitative estimate of drug-likeness (QED) is 0.747. The maximum absolute atomic E-state index is 13.5. The van der Waals surface area contributed by atoms with E-state index in [2.05, 4.69) is 15.7 Å². The first-order valence-electron chi connectivity index (χ1n) is 8.32. The molecule has 2 amide bonds. The smallest absolute Gasteiger partial charge is 0.323 e. The van der Waals surface area contributed by atoms with Gasteiger partial charge in [0.05, 0.1) is 46.6 Å². The number of nitrogens with one attached hydrogen (secondary N) is 2. The number of sulfone groups is 1. The van der Waals surface area contributed by atoms with Crippen LogP contribution in [0, 0.1) is 19.7 Å². The molecule has 0 unspecified atom stereocenters. The highest BCUT2D eigenvalue weighted by molar-refractivity contribution is 7.91. The molecule has 1 heterocycles. The number of rotatable bonds is 7. The fourth-order valence-corrected chi connectivity index (χ4v) is 3.61. The van der Waals surface area contributed by atoms with E-state index in [-0.39, 0.29) is 16.3 Å². The second-order valence-electron chi connectivity index (χ2n) is 5.88. The van der Waals surface area contributed by atoms with Crippen LogP contribution >= 0.6 is 0 Å². The van der Waals surface area contributed by atoms with Gasteiger partial charge in [0, 0.05) is 7.11 Å². The van der Waals surface area contributed by atoms with E-state index >= 15 is 0 Å². The molecule has 0 atom stereocenters. The maximum atomic E-state index is 13.5. The van der Waals surface area contributed by atoms with Gasteiger partial charge in [-0.2, -0.15) is 5.10 Å². The Morgan fingerprint density at radius 3 is 2.63 bits per heavy atom. The summed E-state index contributed by atoms with van der Waals surface area (Å²) in [4.78, 5) is 12.1. The van der Waals surface area contributed by atoms with Crippen LogP contribution in [0.15, 0.2) is 23.1 Å². The van der Waals surface area contributed by atoms with Crippen LogP contribution in [0.4, 0.5) is 20.6 Å². The number of hydrogen-bond donors (Lipinski definition) is 2. The largest absolute Gasteiger partial charge is 0.383 e. The number of benzene rings is 1. The van der Waals surface area contributed by atoms with E-state index in [4.69, 9.17) is 4.74 Å².